The number of hydrogen-bond acceptors (Lipinski definition) is 4. The first-order valence-corrected chi connectivity index (χ1v) is 7.27. The van der Waals surface area contributed by atoms with Crippen molar-refractivity contribution in [3.63, 3.8) is 0 Å². The molecule has 23 heavy (non-hydrogen) atoms. The number of nitrogens with one attached hydrogen (secondary N) is 2. The molecule has 7 nitrogen and oxygen atoms in total. The summed E-state index contributed by atoms with van der Waals surface area (Å²) in [4.78, 5) is 11.9. The number of anilines is 1. The van der Waals surface area contributed by atoms with Gasteiger partial charge in [-0.15, -0.1) is 0 Å². The molecule has 1 atom stereocenters. The molecule has 3 heterocycles. The quantitative estimate of drug-likeness (QED) is 0.775. The molecule has 0 radical (unpaired) electrons. The lowest BCUT2D eigenvalue weighted by Crippen LogP contribution is -2.22. The molecule has 0 bridgehead atoms. The summed E-state index contributed by atoms with van der Waals surface area (Å²) >= 11 is 0. The van der Waals surface area contributed by atoms with E-state index < -0.39 is 0 Å². The minimum Gasteiger partial charge on any atom is -0.494 e. The van der Waals surface area contributed by atoms with Crippen molar-refractivity contribution in [2.24, 2.45) is 0 Å². The van der Waals surface area contributed by atoms with E-state index in [-0.39, 0.29) is 11.8 Å². The van der Waals surface area contributed by atoms with Crippen LogP contribution in [-0.2, 0) is 4.79 Å². The molecule has 116 valence electrons. The Kier molecular flexibility index (Phi) is 3.11. The number of aromatic amines is 1. The highest BCUT2D eigenvalue weighted by atomic mass is 16.5. The first-order valence-electron chi connectivity index (χ1n) is 7.27. The van der Waals surface area contributed by atoms with Gasteiger partial charge in [0.25, 0.3) is 0 Å². The second-order valence-corrected chi connectivity index (χ2v) is 5.40. The van der Waals surface area contributed by atoms with Gasteiger partial charge in [-0.3, -0.25) is 9.89 Å². The molecule has 7 heteroatoms. The van der Waals surface area contributed by atoms with E-state index >= 15 is 0 Å². The average Bonchev–Trinajstić information content (AvgIpc) is 3.23. The third-order valence-corrected chi connectivity index (χ3v) is 4.03. The molecule has 2 N–H and O–H groups in total. The lowest BCUT2D eigenvalue weighted by molar-refractivity contribution is -0.116. The molecule has 1 aromatic carbocycles. The van der Waals surface area contributed by atoms with Crippen LogP contribution in [0.5, 0.6) is 5.75 Å². The fraction of sp³-hybridized carbons (Fsp3) is 0.188. The van der Waals surface area contributed by atoms with E-state index in [4.69, 9.17) is 4.74 Å². The van der Waals surface area contributed by atoms with Crippen LogP contribution in [0.4, 0.5) is 5.82 Å². The Labute approximate surface area is 132 Å². The van der Waals surface area contributed by atoms with Crippen LogP contribution in [0.15, 0.2) is 42.9 Å². The number of amides is 1. The third kappa shape index (κ3) is 2.26. The van der Waals surface area contributed by atoms with Crippen LogP contribution in [0.3, 0.4) is 0 Å². The van der Waals surface area contributed by atoms with Crippen molar-refractivity contribution in [2.45, 2.75) is 12.3 Å². The molecule has 1 aliphatic heterocycles. The Morgan fingerprint density at radius 1 is 1.30 bits per heavy atom. The van der Waals surface area contributed by atoms with Gasteiger partial charge in [0.05, 0.1) is 19.5 Å². The van der Waals surface area contributed by atoms with Gasteiger partial charge in [-0.2, -0.15) is 10.2 Å². The second kappa shape index (κ2) is 5.28. The minimum absolute atomic E-state index is 0.0307. The maximum atomic E-state index is 11.9. The number of ether oxygens (including phenoxy) is 1. The molecule has 0 saturated carbocycles. The van der Waals surface area contributed by atoms with E-state index in [2.05, 4.69) is 20.6 Å². The van der Waals surface area contributed by atoms with E-state index in [1.807, 2.05) is 30.5 Å². The maximum absolute atomic E-state index is 11.9. The highest BCUT2D eigenvalue weighted by Gasteiger charge is 2.29. The van der Waals surface area contributed by atoms with Crippen LogP contribution in [0.2, 0.25) is 0 Å². The topological polar surface area (TPSA) is 84.8 Å². The number of nitrogens with zero attached hydrogens (tertiary/aromatic N) is 3. The number of hydrogen-bond donors (Lipinski definition) is 2. The normalized spacial score (nSPS) is 16.7. The summed E-state index contributed by atoms with van der Waals surface area (Å²) in [5.74, 6) is 1.32. The van der Waals surface area contributed by atoms with Gasteiger partial charge in [0.2, 0.25) is 5.91 Å². The van der Waals surface area contributed by atoms with Crippen molar-refractivity contribution in [3.05, 3.63) is 54.0 Å². The number of H-pyrrole nitrogens is 1. The number of rotatable bonds is 3. The monoisotopic (exact) mass is 309 g/mol. The zero-order chi connectivity index (χ0) is 15.8. The Hall–Kier alpha value is -3.09. The predicted octanol–water partition coefficient (Wildman–Crippen LogP) is 2.08. The first kappa shape index (κ1) is 13.6. The molecule has 0 fully saturated rings. The van der Waals surface area contributed by atoms with Gasteiger partial charge in [0.1, 0.15) is 17.3 Å². The molecular weight excluding hydrogens is 294 g/mol. The van der Waals surface area contributed by atoms with Crippen molar-refractivity contribution in [1.82, 2.24) is 20.0 Å². The lowest BCUT2D eigenvalue weighted by Gasteiger charge is -2.20. The average molecular weight is 309 g/mol. The van der Waals surface area contributed by atoms with Gasteiger partial charge < -0.3 is 10.1 Å². The van der Waals surface area contributed by atoms with E-state index in [0.29, 0.717) is 12.2 Å². The van der Waals surface area contributed by atoms with Crippen LogP contribution in [-0.4, -0.2) is 33.0 Å². The molecule has 1 unspecified atom stereocenters. The Morgan fingerprint density at radius 2 is 2.17 bits per heavy atom. The van der Waals surface area contributed by atoms with Crippen LogP contribution in [0, 0.1) is 0 Å². The Morgan fingerprint density at radius 3 is 3.04 bits per heavy atom. The van der Waals surface area contributed by atoms with Crippen molar-refractivity contribution in [3.8, 4) is 11.4 Å². The number of benzene rings is 1. The first-order chi connectivity index (χ1) is 11.3. The van der Waals surface area contributed by atoms with Crippen LogP contribution < -0.4 is 10.1 Å². The van der Waals surface area contributed by atoms with E-state index in [1.165, 1.54) is 0 Å². The van der Waals surface area contributed by atoms with Gasteiger partial charge in [-0.05, 0) is 17.7 Å². The molecular formula is C16H15N5O2. The van der Waals surface area contributed by atoms with Crippen molar-refractivity contribution in [2.75, 3.05) is 12.4 Å². The van der Waals surface area contributed by atoms with E-state index in [9.17, 15) is 4.79 Å². The van der Waals surface area contributed by atoms with E-state index in [0.717, 1.165) is 22.6 Å². The highest BCUT2D eigenvalue weighted by Crippen LogP contribution is 2.36. The fourth-order valence-corrected chi connectivity index (χ4v) is 2.91. The molecule has 0 aliphatic carbocycles. The van der Waals surface area contributed by atoms with Crippen molar-refractivity contribution in [1.29, 1.82) is 0 Å². The minimum atomic E-state index is -0.0547. The van der Waals surface area contributed by atoms with Gasteiger partial charge >= 0.3 is 0 Å². The van der Waals surface area contributed by atoms with Gasteiger partial charge in [-0.1, -0.05) is 12.1 Å². The molecule has 2 aromatic heterocycles. The zero-order valence-electron chi connectivity index (χ0n) is 12.5. The third-order valence-electron chi connectivity index (χ3n) is 4.03. The lowest BCUT2D eigenvalue weighted by atomic mass is 9.89. The number of carbonyl (C=O) groups is 1. The summed E-state index contributed by atoms with van der Waals surface area (Å²) in [6, 6.07) is 7.67. The number of carbonyl (C=O) groups excluding carboxylic acids is 1. The highest BCUT2D eigenvalue weighted by molar-refractivity contribution is 5.94. The Balaban J connectivity index is 1.73. The zero-order valence-corrected chi connectivity index (χ0v) is 12.5. The summed E-state index contributed by atoms with van der Waals surface area (Å²) in [5, 5.41) is 14.1. The fourth-order valence-electron chi connectivity index (χ4n) is 2.91. The van der Waals surface area contributed by atoms with Gasteiger partial charge in [0, 0.05) is 24.1 Å². The van der Waals surface area contributed by atoms with Gasteiger partial charge in [-0.25, -0.2) is 4.68 Å². The van der Waals surface area contributed by atoms with Crippen LogP contribution in [0.25, 0.3) is 5.69 Å². The summed E-state index contributed by atoms with van der Waals surface area (Å²) < 4.78 is 7.14. The number of fused-ring (bicyclic) bond motifs is 1. The second-order valence-electron chi connectivity index (χ2n) is 5.40. The standard InChI is InChI=1S/C16H15N5O2/c1-23-14-5-3-2-4-13(14)21-9-10(7-18-21)11-6-15(22)19-16-12(11)8-17-20-16/h2-5,7-9,11H,6H2,1H3,(H2,17,19,20,22). The SMILES string of the molecule is COc1ccccc1-n1cc(C2CC(=O)Nc3[nH]ncc32)cn1. The summed E-state index contributed by atoms with van der Waals surface area (Å²) in [6.45, 7) is 0. The molecule has 3 aromatic rings. The molecule has 0 saturated heterocycles. The molecule has 0 spiro atoms. The number of methoxy groups -OCH3 is 1. The molecule has 1 amide bonds. The maximum Gasteiger partial charge on any atom is 0.226 e. The summed E-state index contributed by atoms with van der Waals surface area (Å²) in [6.07, 6.45) is 5.84. The van der Waals surface area contributed by atoms with E-state index in [1.54, 1.807) is 24.2 Å². The van der Waals surface area contributed by atoms with Crippen LogP contribution in [0.1, 0.15) is 23.5 Å². The number of para-hydroxylation sites is 2. The Bertz CT molecular complexity index is 867. The summed E-state index contributed by atoms with van der Waals surface area (Å²) in [7, 11) is 1.63. The number of aromatic nitrogens is 4. The van der Waals surface area contributed by atoms with Crippen LogP contribution >= 0.6 is 0 Å². The van der Waals surface area contributed by atoms with Crippen molar-refractivity contribution >= 4 is 11.7 Å². The van der Waals surface area contributed by atoms with Gasteiger partial charge in [0.15, 0.2) is 0 Å². The smallest absolute Gasteiger partial charge is 0.226 e. The molecule has 1 aliphatic rings. The van der Waals surface area contributed by atoms with Crippen molar-refractivity contribution < 1.29 is 9.53 Å². The predicted molar refractivity (Wildman–Crippen MR) is 83.8 cm³/mol. The largest absolute Gasteiger partial charge is 0.494 e. The molecule has 4 rings (SSSR count). The summed E-state index contributed by atoms with van der Waals surface area (Å²) in [5.41, 5.74) is 2.80.